The van der Waals surface area contributed by atoms with Crippen LogP contribution in [0.15, 0.2) is 53.4 Å². The van der Waals surface area contributed by atoms with E-state index in [1.807, 2.05) is 0 Å². The Morgan fingerprint density at radius 2 is 1.89 bits per heavy atom. The van der Waals surface area contributed by atoms with Gasteiger partial charge >= 0.3 is 0 Å². The molecule has 0 bridgehead atoms. The van der Waals surface area contributed by atoms with Gasteiger partial charge in [0.2, 0.25) is 15.9 Å². The first-order chi connectivity index (χ1) is 12.8. The number of hydrogen-bond acceptors (Lipinski definition) is 4. The van der Waals surface area contributed by atoms with Crippen molar-refractivity contribution in [1.29, 1.82) is 0 Å². The Labute approximate surface area is 164 Å². The van der Waals surface area contributed by atoms with Crippen molar-refractivity contribution in [3.05, 3.63) is 64.7 Å². The SMILES string of the molecule is CNS(=O)(=O)c1ccc(/C=C/C(=O)N(C)Cc2cc(Cl)ccc2OC)cc1. The minimum atomic E-state index is -3.48. The molecule has 0 saturated heterocycles. The number of rotatable bonds is 7. The van der Waals surface area contributed by atoms with Crippen molar-refractivity contribution in [3.63, 3.8) is 0 Å². The third kappa shape index (κ3) is 5.56. The number of carbonyl (C=O) groups is 1. The average molecular weight is 409 g/mol. The van der Waals surface area contributed by atoms with Crippen LogP contribution in [0.2, 0.25) is 5.02 Å². The summed E-state index contributed by atoms with van der Waals surface area (Å²) in [5.41, 5.74) is 1.52. The van der Waals surface area contributed by atoms with Crippen LogP contribution in [0.25, 0.3) is 6.08 Å². The van der Waals surface area contributed by atoms with Crippen molar-refractivity contribution in [1.82, 2.24) is 9.62 Å². The van der Waals surface area contributed by atoms with Crippen LogP contribution in [0.5, 0.6) is 5.75 Å². The highest BCUT2D eigenvalue weighted by Crippen LogP contribution is 2.23. The number of likely N-dealkylation sites (N-methyl/N-ethyl adjacent to an activating group) is 1. The van der Waals surface area contributed by atoms with Gasteiger partial charge in [-0.3, -0.25) is 4.79 Å². The molecule has 0 aliphatic carbocycles. The molecule has 0 fully saturated rings. The number of hydrogen-bond donors (Lipinski definition) is 1. The molecule has 8 heteroatoms. The molecule has 1 N–H and O–H groups in total. The number of amides is 1. The van der Waals surface area contributed by atoms with Crippen molar-refractivity contribution < 1.29 is 17.9 Å². The Kier molecular flexibility index (Phi) is 7.01. The molecule has 144 valence electrons. The quantitative estimate of drug-likeness (QED) is 0.715. The van der Waals surface area contributed by atoms with Crippen LogP contribution in [0.4, 0.5) is 0 Å². The Bertz CT molecular complexity index is 941. The second kappa shape index (κ2) is 9.03. The minimum absolute atomic E-state index is 0.165. The second-order valence-corrected chi connectivity index (χ2v) is 8.08. The summed E-state index contributed by atoms with van der Waals surface area (Å²) in [7, 11) is 1.12. The van der Waals surface area contributed by atoms with E-state index < -0.39 is 10.0 Å². The number of methoxy groups -OCH3 is 1. The van der Waals surface area contributed by atoms with Gasteiger partial charge in [-0.15, -0.1) is 0 Å². The van der Waals surface area contributed by atoms with Gasteiger partial charge in [0.05, 0.1) is 12.0 Å². The molecule has 2 aromatic carbocycles. The zero-order valence-electron chi connectivity index (χ0n) is 15.3. The van der Waals surface area contributed by atoms with Crippen LogP contribution >= 0.6 is 11.6 Å². The number of halogens is 1. The number of benzene rings is 2. The van der Waals surface area contributed by atoms with E-state index >= 15 is 0 Å². The fourth-order valence-electron chi connectivity index (χ4n) is 2.37. The van der Waals surface area contributed by atoms with Crippen molar-refractivity contribution in [2.24, 2.45) is 0 Å². The number of sulfonamides is 1. The summed E-state index contributed by atoms with van der Waals surface area (Å²) in [6.07, 6.45) is 3.06. The van der Waals surface area contributed by atoms with Crippen LogP contribution < -0.4 is 9.46 Å². The molecule has 0 aromatic heterocycles. The first kappa shape index (κ1) is 21.0. The molecule has 1 amide bonds. The van der Waals surface area contributed by atoms with Gasteiger partial charge in [0.15, 0.2) is 0 Å². The number of nitrogens with one attached hydrogen (secondary N) is 1. The third-order valence-corrected chi connectivity index (χ3v) is 5.57. The zero-order chi connectivity index (χ0) is 20.0. The Morgan fingerprint density at radius 3 is 2.48 bits per heavy atom. The molecule has 0 heterocycles. The molecule has 0 radical (unpaired) electrons. The molecule has 2 aromatic rings. The van der Waals surface area contributed by atoms with Gasteiger partial charge in [-0.1, -0.05) is 23.7 Å². The van der Waals surface area contributed by atoms with Crippen LogP contribution in [0, 0.1) is 0 Å². The molecule has 6 nitrogen and oxygen atoms in total. The summed E-state index contributed by atoms with van der Waals surface area (Å²) in [5.74, 6) is 0.452. The van der Waals surface area contributed by atoms with Crippen molar-refractivity contribution in [3.8, 4) is 5.75 Å². The molecule has 0 spiro atoms. The number of carbonyl (C=O) groups excluding carboxylic acids is 1. The van der Waals surface area contributed by atoms with Crippen molar-refractivity contribution in [2.45, 2.75) is 11.4 Å². The summed E-state index contributed by atoms with van der Waals surface area (Å²) >= 11 is 6.01. The number of ether oxygens (including phenoxy) is 1. The maximum Gasteiger partial charge on any atom is 0.246 e. The zero-order valence-corrected chi connectivity index (χ0v) is 16.8. The molecule has 0 atom stereocenters. The third-order valence-electron chi connectivity index (χ3n) is 3.90. The molecule has 0 saturated carbocycles. The highest BCUT2D eigenvalue weighted by atomic mass is 35.5. The fraction of sp³-hybridized carbons (Fsp3) is 0.211. The van der Waals surface area contributed by atoms with Gasteiger partial charge in [0.1, 0.15) is 5.75 Å². The van der Waals surface area contributed by atoms with Crippen molar-refractivity contribution in [2.75, 3.05) is 21.2 Å². The molecular weight excluding hydrogens is 388 g/mol. The van der Waals surface area contributed by atoms with E-state index in [0.717, 1.165) is 5.56 Å². The van der Waals surface area contributed by atoms with E-state index in [0.29, 0.717) is 22.9 Å². The van der Waals surface area contributed by atoms with Crippen molar-refractivity contribution >= 4 is 33.6 Å². The molecule has 2 rings (SSSR count). The standard InChI is InChI=1S/C19H21ClN2O4S/c1-21-27(24,25)17-8-4-14(5-9-17)6-11-19(23)22(2)13-15-12-16(20)7-10-18(15)26-3/h4-12,21H,13H2,1-3H3/b11-6+. The largest absolute Gasteiger partial charge is 0.496 e. The van der Waals surface area contributed by atoms with Crippen LogP contribution in [0.3, 0.4) is 0 Å². The lowest BCUT2D eigenvalue weighted by Gasteiger charge is -2.17. The van der Waals surface area contributed by atoms with E-state index in [1.54, 1.807) is 50.6 Å². The summed E-state index contributed by atoms with van der Waals surface area (Å²) in [6.45, 7) is 0.340. The Morgan fingerprint density at radius 1 is 1.22 bits per heavy atom. The minimum Gasteiger partial charge on any atom is -0.496 e. The lowest BCUT2D eigenvalue weighted by Crippen LogP contribution is -2.24. The summed E-state index contributed by atoms with van der Waals surface area (Å²) < 4.78 is 31.0. The second-order valence-electron chi connectivity index (χ2n) is 5.76. The maximum atomic E-state index is 12.3. The van der Waals surface area contributed by atoms with Gasteiger partial charge in [-0.2, -0.15) is 0 Å². The van der Waals surface area contributed by atoms with Gasteiger partial charge in [-0.05, 0) is 49.0 Å². The molecular formula is C19H21ClN2O4S. The lowest BCUT2D eigenvalue weighted by atomic mass is 10.2. The van der Waals surface area contributed by atoms with Crippen LogP contribution in [-0.4, -0.2) is 40.4 Å². The van der Waals surface area contributed by atoms with Gasteiger partial charge in [-0.25, -0.2) is 13.1 Å². The predicted molar refractivity (Wildman–Crippen MR) is 106 cm³/mol. The van der Waals surface area contributed by atoms with E-state index in [2.05, 4.69) is 4.72 Å². The fourth-order valence-corrected chi connectivity index (χ4v) is 3.30. The molecule has 0 aliphatic heterocycles. The summed E-state index contributed by atoms with van der Waals surface area (Å²) in [4.78, 5) is 14.0. The van der Waals surface area contributed by atoms with E-state index in [4.69, 9.17) is 16.3 Å². The Balaban J connectivity index is 2.07. The molecule has 27 heavy (non-hydrogen) atoms. The van der Waals surface area contributed by atoms with Gasteiger partial charge in [0.25, 0.3) is 0 Å². The highest BCUT2D eigenvalue weighted by molar-refractivity contribution is 7.89. The predicted octanol–water partition coefficient (Wildman–Crippen LogP) is 2.93. The van der Waals surface area contributed by atoms with E-state index in [1.165, 1.54) is 30.2 Å². The topological polar surface area (TPSA) is 75.7 Å². The normalized spacial score (nSPS) is 11.6. The van der Waals surface area contributed by atoms with Gasteiger partial charge < -0.3 is 9.64 Å². The summed E-state index contributed by atoms with van der Waals surface area (Å²) in [6, 6.07) is 11.5. The van der Waals surface area contributed by atoms with Gasteiger partial charge in [0, 0.05) is 30.3 Å². The highest BCUT2D eigenvalue weighted by Gasteiger charge is 2.12. The smallest absolute Gasteiger partial charge is 0.246 e. The maximum absolute atomic E-state index is 12.3. The monoisotopic (exact) mass is 408 g/mol. The average Bonchev–Trinajstić information content (AvgIpc) is 2.66. The van der Waals surface area contributed by atoms with E-state index in [-0.39, 0.29) is 10.8 Å². The van der Waals surface area contributed by atoms with Crippen LogP contribution in [-0.2, 0) is 21.4 Å². The number of nitrogens with zero attached hydrogens (tertiary/aromatic N) is 1. The van der Waals surface area contributed by atoms with Crippen LogP contribution in [0.1, 0.15) is 11.1 Å². The molecule has 0 unspecified atom stereocenters. The summed E-state index contributed by atoms with van der Waals surface area (Å²) in [5, 5.41) is 0.568. The van der Waals surface area contributed by atoms with E-state index in [9.17, 15) is 13.2 Å². The Hall–Kier alpha value is -2.35. The first-order valence-corrected chi connectivity index (χ1v) is 9.92. The first-order valence-electron chi connectivity index (χ1n) is 8.06. The molecule has 0 aliphatic rings. The lowest BCUT2D eigenvalue weighted by molar-refractivity contribution is -0.125.